The Balaban J connectivity index is 1.92. The number of nitrogens with zero attached hydrogens (tertiary/aromatic N) is 1. The lowest BCUT2D eigenvalue weighted by atomic mass is 10.1. The predicted molar refractivity (Wildman–Crippen MR) is 99.1 cm³/mol. The van der Waals surface area contributed by atoms with Crippen LogP contribution in [0.1, 0.15) is 41.0 Å². The number of ether oxygens (including phenoxy) is 2. The first-order chi connectivity index (χ1) is 12.5. The SMILES string of the molecule is CCOc1ccc(C2CCCN2S(=O)(=O)c2ccsc2C(=O)OC)cc1. The zero-order chi connectivity index (χ0) is 18.7. The van der Waals surface area contributed by atoms with Crippen LogP contribution in [0.25, 0.3) is 0 Å². The molecular weight excluding hydrogens is 374 g/mol. The highest BCUT2D eigenvalue weighted by atomic mass is 32.2. The van der Waals surface area contributed by atoms with Crippen molar-refractivity contribution in [1.82, 2.24) is 4.31 Å². The Morgan fingerprint density at radius 2 is 2.00 bits per heavy atom. The number of esters is 1. The Hall–Kier alpha value is -1.90. The fraction of sp³-hybridized carbons (Fsp3) is 0.389. The van der Waals surface area contributed by atoms with Crippen molar-refractivity contribution >= 4 is 27.3 Å². The number of carbonyl (C=O) groups excluding carboxylic acids is 1. The van der Waals surface area contributed by atoms with Gasteiger partial charge in [0, 0.05) is 6.54 Å². The van der Waals surface area contributed by atoms with Crippen LogP contribution in [-0.4, -0.2) is 39.0 Å². The number of thiophene rings is 1. The number of benzene rings is 1. The molecule has 0 bridgehead atoms. The van der Waals surface area contributed by atoms with Crippen LogP contribution in [0.3, 0.4) is 0 Å². The molecule has 1 aliphatic heterocycles. The van der Waals surface area contributed by atoms with E-state index in [0.29, 0.717) is 13.2 Å². The van der Waals surface area contributed by atoms with E-state index in [1.54, 1.807) is 5.38 Å². The first-order valence-electron chi connectivity index (χ1n) is 8.39. The lowest BCUT2D eigenvalue weighted by molar-refractivity contribution is 0.0602. The van der Waals surface area contributed by atoms with Crippen molar-refractivity contribution in [2.75, 3.05) is 20.3 Å². The van der Waals surface area contributed by atoms with Crippen LogP contribution in [0, 0.1) is 0 Å². The maximum absolute atomic E-state index is 13.2. The van der Waals surface area contributed by atoms with E-state index in [2.05, 4.69) is 0 Å². The molecular formula is C18H21NO5S2. The van der Waals surface area contributed by atoms with Gasteiger partial charge in [0.1, 0.15) is 15.5 Å². The van der Waals surface area contributed by atoms with Gasteiger partial charge in [-0.2, -0.15) is 4.31 Å². The average molecular weight is 396 g/mol. The molecule has 2 heterocycles. The van der Waals surface area contributed by atoms with Crippen molar-refractivity contribution in [3.05, 3.63) is 46.2 Å². The molecule has 0 N–H and O–H groups in total. The van der Waals surface area contributed by atoms with Crippen LogP contribution in [0.2, 0.25) is 0 Å². The first-order valence-corrected chi connectivity index (χ1v) is 10.7. The quantitative estimate of drug-likeness (QED) is 0.701. The third-order valence-corrected chi connectivity index (χ3v) is 7.34. The molecule has 26 heavy (non-hydrogen) atoms. The second kappa shape index (κ2) is 7.77. The molecule has 0 radical (unpaired) electrons. The molecule has 3 rings (SSSR count). The zero-order valence-corrected chi connectivity index (χ0v) is 16.3. The maximum Gasteiger partial charge on any atom is 0.349 e. The summed E-state index contributed by atoms with van der Waals surface area (Å²) in [5, 5.41) is 1.60. The molecule has 6 nitrogen and oxygen atoms in total. The van der Waals surface area contributed by atoms with Gasteiger partial charge in [-0.15, -0.1) is 11.3 Å². The topological polar surface area (TPSA) is 72.9 Å². The third kappa shape index (κ3) is 3.49. The first kappa shape index (κ1) is 18.9. The summed E-state index contributed by atoms with van der Waals surface area (Å²) in [5.74, 6) is 0.129. The Morgan fingerprint density at radius 1 is 1.27 bits per heavy atom. The lowest BCUT2D eigenvalue weighted by Gasteiger charge is -2.24. The van der Waals surface area contributed by atoms with Gasteiger partial charge in [-0.1, -0.05) is 12.1 Å². The Kier molecular flexibility index (Phi) is 5.64. The normalized spacial score (nSPS) is 18.0. The molecule has 1 aromatic heterocycles. The van der Waals surface area contributed by atoms with Crippen LogP contribution in [0.4, 0.5) is 0 Å². The van der Waals surface area contributed by atoms with Gasteiger partial charge in [0.25, 0.3) is 0 Å². The molecule has 8 heteroatoms. The molecule has 1 fully saturated rings. The van der Waals surface area contributed by atoms with Gasteiger partial charge in [-0.3, -0.25) is 0 Å². The smallest absolute Gasteiger partial charge is 0.349 e. The number of carbonyl (C=O) groups is 1. The lowest BCUT2D eigenvalue weighted by Crippen LogP contribution is -2.31. The van der Waals surface area contributed by atoms with Crippen LogP contribution in [-0.2, 0) is 14.8 Å². The number of sulfonamides is 1. The second-order valence-corrected chi connectivity index (χ2v) is 8.66. The van der Waals surface area contributed by atoms with Crippen molar-refractivity contribution in [1.29, 1.82) is 0 Å². The van der Waals surface area contributed by atoms with E-state index < -0.39 is 16.0 Å². The Labute approximate surface area is 157 Å². The van der Waals surface area contributed by atoms with E-state index >= 15 is 0 Å². The fourth-order valence-electron chi connectivity index (χ4n) is 3.18. The van der Waals surface area contributed by atoms with E-state index in [-0.39, 0.29) is 15.8 Å². The van der Waals surface area contributed by atoms with Crippen LogP contribution < -0.4 is 4.74 Å². The zero-order valence-electron chi connectivity index (χ0n) is 14.7. The number of hydrogen-bond acceptors (Lipinski definition) is 6. The van der Waals surface area contributed by atoms with E-state index in [1.165, 1.54) is 17.5 Å². The summed E-state index contributed by atoms with van der Waals surface area (Å²) in [6.07, 6.45) is 1.51. The summed E-state index contributed by atoms with van der Waals surface area (Å²) in [6.45, 7) is 2.92. The van der Waals surface area contributed by atoms with Gasteiger partial charge in [0.2, 0.25) is 10.0 Å². The summed E-state index contributed by atoms with van der Waals surface area (Å²) >= 11 is 1.08. The average Bonchev–Trinajstić information content (AvgIpc) is 3.32. The van der Waals surface area contributed by atoms with E-state index in [4.69, 9.17) is 9.47 Å². The standard InChI is InChI=1S/C18H21NO5S2/c1-3-24-14-8-6-13(7-9-14)15-5-4-11-19(15)26(21,22)16-10-12-25-17(16)18(20)23-2/h6-10,12,15H,3-5,11H2,1-2H3. The van der Waals surface area contributed by atoms with Crippen LogP contribution in [0.15, 0.2) is 40.6 Å². The molecule has 0 saturated carbocycles. The molecule has 1 aromatic carbocycles. The summed E-state index contributed by atoms with van der Waals surface area (Å²) in [6, 6.07) is 8.73. The molecule has 1 saturated heterocycles. The predicted octanol–water partition coefficient (Wildman–Crippen LogP) is 3.46. The van der Waals surface area contributed by atoms with Gasteiger partial charge in [0.15, 0.2) is 0 Å². The molecule has 2 aromatic rings. The van der Waals surface area contributed by atoms with E-state index in [9.17, 15) is 13.2 Å². The van der Waals surface area contributed by atoms with Gasteiger partial charge >= 0.3 is 5.97 Å². The third-order valence-electron chi connectivity index (χ3n) is 4.37. The van der Waals surface area contributed by atoms with Crippen LogP contribution in [0.5, 0.6) is 5.75 Å². The highest BCUT2D eigenvalue weighted by molar-refractivity contribution is 7.89. The highest BCUT2D eigenvalue weighted by Gasteiger charge is 2.38. The Morgan fingerprint density at radius 3 is 2.65 bits per heavy atom. The fourth-order valence-corrected chi connectivity index (χ4v) is 6.17. The van der Waals surface area contributed by atoms with Crippen LogP contribution >= 0.6 is 11.3 Å². The summed E-state index contributed by atoms with van der Waals surface area (Å²) in [4.78, 5) is 12.0. The summed E-state index contributed by atoms with van der Waals surface area (Å²) in [7, 11) is -2.54. The minimum absolute atomic E-state index is 0.0205. The van der Waals surface area contributed by atoms with Gasteiger partial charge in [0.05, 0.1) is 19.8 Å². The molecule has 1 unspecified atom stereocenters. The largest absolute Gasteiger partial charge is 0.494 e. The van der Waals surface area contributed by atoms with Crippen molar-refractivity contribution in [3.8, 4) is 5.75 Å². The molecule has 140 valence electrons. The van der Waals surface area contributed by atoms with Gasteiger partial charge < -0.3 is 9.47 Å². The maximum atomic E-state index is 13.2. The summed E-state index contributed by atoms with van der Waals surface area (Å²) in [5.41, 5.74) is 0.921. The number of rotatable bonds is 6. The minimum Gasteiger partial charge on any atom is -0.494 e. The van der Waals surface area contributed by atoms with Crippen molar-refractivity contribution < 1.29 is 22.7 Å². The van der Waals surface area contributed by atoms with Crippen molar-refractivity contribution in [2.24, 2.45) is 0 Å². The second-order valence-electron chi connectivity index (χ2n) is 5.88. The highest BCUT2D eigenvalue weighted by Crippen LogP contribution is 2.38. The molecule has 1 atom stereocenters. The van der Waals surface area contributed by atoms with E-state index in [0.717, 1.165) is 35.5 Å². The molecule has 0 aliphatic carbocycles. The molecule has 0 spiro atoms. The van der Waals surface area contributed by atoms with Gasteiger partial charge in [-0.05, 0) is 48.9 Å². The summed E-state index contributed by atoms with van der Waals surface area (Å²) < 4.78 is 38.0. The number of hydrogen-bond donors (Lipinski definition) is 0. The molecule has 0 amide bonds. The van der Waals surface area contributed by atoms with E-state index in [1.807, 2.05) is 31.2 Å². The van der Waals surface area contributed by atoms with Gasteiger partial charge in [-0.25, -0.2) is 13.2 Å². The van der Waals surface area contributed by atoms with Crippen molar-refractivity contribution in [3.63, 3.8) is 0 Å². The van der Waals surface area contributed by atoms with Crippen molar-refractivity contribution in [2.45, 2.75) is 30.7 Å². The minimum atomic E-state index is -3.79. The number of methoxy groups -OCH3 is 1. The molecule has 1 aliphatic rings. The monoisotopic (exact) mass is 395 g/mol. The Bertz CT molecular complexity index is 873.